The van der Waals surface area contributed by atoms with Crippen molar-refractivity contribution < 1.29 is 13.9 Å². The number of halogens is 1. The molecule has 4 heteroatoms. The second-order valence-electron chi connectivity index (χ2n) is 3.87. The van der Waals surface area contributed by atoms with E-state index in [1.165, 1.54) is 19.2 Å². The van der Waals surface area contributed by atoms with Gasteiger partial charge in [0.25, 0.3) is 0 Å². The number of esters is 1. The van der Waals surface area contributed by atoms with E-state index in [9.17, 15) is 9.18 Å². The Labute approximate surface area is 93.6 Å². The minimum atomic E-state index is -0.483. The van der Waals surface area contributed by atoms with E-state index in [2.05, 4.69) is 10.1 Å². The Hall–Kier alpha value is -1.42. The highest BCUT2D eigenvalue weighted by Gasteiger charge is 2.22. The molecule has 1 fully saturated rings. The summed E-state index contributed by atoms with van der Waals surface area (Å²) in [6.45, 7) is 0.933. The average Bonchev–Trinajstić information content (AvgIpc) is 2.81. The van der Waals surface area contributed by atoms with Crippen LogP contribution < -0.4 is 5.32 Å². The predicted octanol–water partition coefficient (Wildman–Crippen LogP) is 2.04. The Morgan fingerprint density at radius 1 is 1.56 bits per heavy atom. The minimum absolute atomic E-state index is 0.134. The van der Waals surface area contributed by atoms with Crippen LogP contribution in [0.5, 0.6) is 0 Å². The maximum absolute atomic E-state index is 13.1. The summed E-state index contributed by atoms with van der Waals surface area (Å²) in [6, 6.07) is 4.41. The van der Waals surface area contributed by atoms with Gasteiger partial charge in [0, 0.05) is 6.04 Å². The number of carbonyl (C=O) groups excluding carboxylic acids is 1. The molecule has 1 aliphatic rings. The zero-order valence-corrected chi connectivity index (χ0v) is 9.13. The molecule has 0 aromatic heterocycles. The van der Waals surface area contributed by atoms with Gasteiger partial charge in [0.2, 0.25) is 0 Å². The molecule has 0 radical (unpaired) electrons. The van der Waals surface area contributed by atoms with Crippen LogP contribution >= 0.6 is 0 Å². The molecular formula is C12H14FNO2. The molecule has 0 saturated carbocycles. The monoisotopic (exact) mass is 223 g/mol. The number of nitrogens with one attached hydrogen (secondary N) is 1. The molecule has 1 heterocycles. The van der Waals surface area contributed by atoms with E-state index in [1.807, 2.05) is 0 Å². The van der Waals surface area contributed by atoms with Crippen LogP contribution in [0.15, 0.2) is 18.2 Å². The molecule has 0 spiro atoms. The maximum atomic E-state index is 13.1. The highest BCUT2D eigenvalue weighted by molar-refractivity contribution is 5.91. The third kappa shape index (κ3) is 2.07. The van der Waals surface area contributed by atoms with E-state index >= 15 is 0 Å². The van der Waals surface area contributed by atoms with Crippen molar-refractivity contribution in [3.05, 3.63) is 35.1 Å². The van der Waals surface area contributed by atoms with E-state index < -0.39 is 11.8 Å². The van der Waals surface area contributed by atoms with Crippen LogP contribution in [0, 0.1) is 5.82 Å². The molecule has 0 amide bonds. The van der Waals surface area contributed by atoms with Crippen molar-refractivity contribution in [1.29, 1.82) is 0 Å². The Balaban J connectivity index is 2.38. The summed E-state index contributed by atoms with van der Waals surface area (Å²) in [5.41, 5.74) is 1.15. The standard InChI is InChI=1S/C12H14FNO2/c1-16-12(15)10-7-8(13)4-5-9(10)11-3-2-6-14-11/h4-5,7,11,14H,2-3,6H2,1H3/t11-/m1/s1. The number of hydrogen-bond donors (Lipinski definition) is 1. The summed E-state index contributed by atoms with van der Waals surface area (Å²) >= 11 is 0. The molecule has 1 N–H and O–H groups in total. The lowest BCUT2D eigenvalue weighted by atomic mass is 9.99. The molecule has 3 nitrogen and oxygen atoms in total. The van der Waals surface area contributed by atoms with Crippen LogP contribution in [0.4, 0.5) is 4.39 Å². The smallest absolute Gasteiger partial charge is 0.338 e. The first-order valence-electron chi connectivity index (χ1n) is 5.33. The number of methoxy groups -OCH3 is 1. The van der Waals surface area contributed by atoms with Gasteiger partial charge >= 0.3 is 5.97 Å². The van der Waals surface area contributed by atoms with Crippen molar-refractivity contribution in [2.45, 2.75) is 18.9 Å². The molecule has 1 aliphatic heterocycles. The molecule has 2 rings (SSSR count). The summed E-state index contributed by atoms with van der Waals surface area (Å²) in [6.07, 6.45) is 2.04. The molecule has 1 aromatic rings. The Morgan fingerprint density at radius 2 is 2.38 bits per heavy atom. The predicted molar refractivity (Wildman–Crippen MR) is 57.7 cm³/mol. The first-order valence-corrected chi connectivity index (χ1v) is 5.33. The van der Waals surface area contributed by atoms with Gasteiger partial charge < -0.3 is 10.1 Å². The first-order chi connectivity index (χ1) is 7.72. The number of rotatable bonds is 2. The molecule has 0 aliphatic carbocycles. The van der Waals surface area contributed by atoms with Crippen molar-refractivity contribution in [2.24, 2.45) is 0 Å². The largest absolute Gasteiger partial charge is 0.465 e. The summed E-state index contributed by atoms with van der Waals surface area (Å²) in [5, 5.41) is 3.28. The van der Waals surface area contributed by atoms with Crippen LogP contribution in [-0.4, -0.2) is 19.6 Å². The van der Waals surface area contributed by atoms with Gasteiger partial charge in [-0.2, -0.15) is 0 Å². The van der Waals surface area contributed by atoms with Gasteiger partial charge in [-0.05, 0) is 37.1 Å². The lowest BCUT2D eigenvalue weighted by molar-refractivity contribution is 0.0598. The minimum Gasteiger partial charge on any atom is -0.465 e. The second-order valence-corrected chi connectivity index (χ2v) is 3.87. The summed E-state index contributed by atoms with van der Waals surface area (Å²) < 4.78 is 17.8. The molecule has 1 saturated heterocycles. The van der Waals surface area contributed by atoms with Crippen LogP contribution in [0.1, 0.15) is 34.8 Å². The van der Waals surface area contributed by atoms with Crippen molar-refractivity contribution in [1.82, 2.24) is 5.32 Å². The fourth-order valence-electron chi connectivity index (χ4n) is 2.07. The lowest BCUT2D eigenvalue weighted by Gasteiger charge is -2.14. The fourth-order valence-corrected chi connectivity index (χ4v) is 2.07. The molecular weight excluding hydrogens is 209 g/mol. The SMILES string of the molecule is COC(=O)c1cc(F)ccc1[C@H]1CCCN1. The van der Waals surface area contributed by atoms with E-state index in [0.29, 0.717) is 5.56 Å². The maximum Gasteiger partial charge on any atom is 0.338 e. The van der Waals surface area contributed by atoms with Crippen molar-refractivity contribution in [3.63, 3.8) is 0 Å². The third-order valence-electron chi connectivity index (χ3n) is 2.86. The normalized spacial score (nSPS) is 19.8. The van der Waals surface area contributed by atoms with Gasteiger partial charge in [-0.3, -0.25) is 0 Å². The average molecular weight is 223 g/mol. The molecule has 1 atom stereocenters. The Morgan fingerprint density at radius 3 is 3.00 bits per heavy atom. The molecule has 0 unspecified atom stereocenters. The number of carbonyl (C=O) groups is 1. The Bertz CT molecular complexity index is 400. The Kier molecular flexibility index (Phi) is 3.19. The highest BCUT2D eigenvalue weighted by Crippen LogP contribution is 2.27. The van der Waals surface area contributed by atoms with Gasteiger partial charge in [0.1, 0.15) is 5.82 Å². The van der Waals surface area contributed by atoms with E-state index in [4.69, 9.17) is 0 Å². The molecule has 86 valence electrons. The van der Waals surface area contributed by atoms with Gasteiger partial charge in [-0.1, -0.05) is 6.07 Å². The van der Waals surface area contributed by atoms with E-state index in [-0.39, 0.29) is 6.04 Å². The van der Waals surface area contributed by atoms with Gasteiger partial charge in [-0.25, -0.2) is 9.18 Å². The van der Waals surface area contributed by atoms with Gasteiger partial charge in [0.05, 0.1) is 12.7 Å². The van der Waals surface area contributed by atoms with E-state index in [0.717, 1.165) is 24.9 Å². The zero-order chi connectivity index (χ0) is 11.5. The summed E-state index contributed by atoms with van der Waals surface area (Å²) in [4.78, 5) is 11.5. The second kappa shape index (κ2) is 4.61. The first kappa shape index (κ1) is 11.1. The number of benzene rings is 1. The molecule has 16 heavy (non-hydrogen) atoms. The number of hydrogen-bond acceptors (Lipinski definition) is 3. The van der Waals surface area contributed by atoms with Gasteiger partial charge in [0.15, 0.2) is 0 Å². The molecule has 0 bridgehead atoms. The van der Waals surface area contributed by atoms with Crippen LogP contribution in [0.2, 0.25) is 0 Å². The van der Waals surface area contributed by atoms with Crippen LogP contribution in [0.25, 0.3) is 0 Å². The zero-order valence-electron chi connectivity index (χ0n) is 9.13. The van der Waals surface area contributed by atoms with Crippen molar-refractivity contribution in [3.8, 4) is 0 Å². The van der Waals surface area contributed by atoms with Crippen LogP contribution in [-0.2, 0) is 4.74 Å². The summed E-state index contributed by atoms with van der Waals surface area (Å²) in [5.74, 6) is -0.898. The van der Waals surface area contributed by atoms with Crippen molar-refractivity contribution in [2.75, 3.05) is 13.7 Å². The molecule has 1 aromatic carbocycles. The fraction of sp³-hybridized carbons (Fsp3) is 0.417. The topological polar surface area (TPSA) is 38.3 Å². The number of ether oxygens (including phenoxy) is 1. The quantitative estimate of drug-likeness (QED) is 0.780. The summed E-state index contributed by atoms with van der Waals surface area (Å²) in [7, 11) is 1.30. The van der Waals surface area contributed by atoms with Crippen LogP contribution in [0.3, 0.4) is 0 Å². The van der Waals surface area contributed by atoms with Crippen molar-refractivity contribution >= 4 is 5.97 Å². The third-order valence-corrected chi connectivity index (χ3v) is 2.86. The lowest BCUT2D eigenvalue weighted by Crippen LogP contribution is -2.17. The van der Waals surface area contributed by atoms with Gasteiger partial charge in [-0.15, -0.1) is 0 Å². The highest BCUT2D eigenvalue weighted by atomic mass is 19.1. The van der Waals surface area contributed by atoms with E-state index in [1.54, 1.807) is 6.07 Å².